The van der Waals surface area contributed by atoms with Crippen LogP contribution in [0.3, 0.4) is 0 Å². The molecular formula is C49H65ClF3N13O11S. The molecule has 0 saturated carbocycles. The second kappa shape index (κ2) is 28.8. The van der Waals surface area contributed by atoms with E-state index in [0.29, 0.717) is 36.5 Å². The van der Waals surface area contributed by atoms with Gasteiger partial charge in [-0.25, -0.2) is 8.42 Å². The number of aliphatic carboxylic acids is 1. The molecule has 0 bridgehead atoms. The van der Waals surface area contributed by atoms with E-state index in [1.165, 1.54) is 36.7 Å². The maximum atomic E-state index is 14.0. The predicted octanol–water partition coefficient (Wildman–Crippen LogP) is 0.744. The highest BCUT2D eigenvalue weighted by atomic mass is 35.5. The van der Waals surface area contributed by atoms with E-state index in [1.54, 1.807) is 42.5 Å². The first kappa shape index (κ1) is 63.1. The summed E-state index contributed by atoms with van der Waals surface area (Å²) in [6, 6.07) is 5.49. The van der Waals surface area contributed by atoms with Crippen LogP contribution in [0.2, 0.25) is 5.02 Å². The van der Waals surface area contributed by atoms with Crippen LogP contribution in [0.4, 0.5) is 18.9 Å². The van der Waals surface area contributed by atoms with Crippen LogP contribution in [0.5, 0.6) is 0 Å². The number of likely N-dealkylation sites (tertiary alicyclic amines) is 1. The van der Waals surface area contributed by atoms with Gasteiger partial charge in [0.05, 0.1) is 22.0 Å². The summed E-state index contributed by atoms with van der Waals surface area (Å²) in [7, 11) is -4.87. The number of hydrogen-bond acceptors (Lipinski definition) is 13. The van der Waals surface area contributed by atoms with Gasteiger partial charge in [-0.15, -0.1) is 0 Å². The maximum Gasteiger partial charge on any atom is 0.417 e. The molecule has 7 amide bonds. The van der Waals surface area contributed by atoms with E-state index >= 15 is 0 Å². The second-order valence-corrected chi connectivity index (χ2v) is 21.3. The predicted molar refractivity (Wildman–Crippen MR) is 279 cm³/mol. The minimum Gasteiger partial charge on any atom is -0.480 e. The number of nitrogens with zero attached hydrogens (tertiary/aromatic N) is 3. The summed E-state index contributed by atoms with van der Waals surface area (Å²) in [5, 5.41) is 24.6. The van der Waals surface area contributed by atoms with E-state index in [-0.39, 0.29) is 81.0 Å². The topological polar surface area (TPSA) is 382 Å². The Balaban J connectivity index is 1.34. The highest BCUT2D eigenvalue weighted by Gasteiger charge is 2.37. The van der Waals surface area contributed by atoms with E-state index < -0.39 is 116 Å². The number of aliphatic imine (C=N–C) groups is 1. The molecule has 3 aromatic rings. The number of halogens is 4. The number of carbonyl (C=O) groups excluding carboxylic acids is 7. The first-order valence-corrected chi connectivity index (χ1v) is 26.4. The van der Waals surface area contributed by atoms with Gasteiger partial charge in [0.15, 0.2) is 5.96 Å². The van der Waals surface area contributed by atoms with Gasteiger partial charge >= 0.3 is 12.1 Å². The van der Waals surface area contributed by atoms with Crippen molar-refractivity contribution in [1.82, 2.24) is 41.2 Å². The van der Waals surface area contributed by atoms with Crippen molar-refractivity contribution in [1.29, 1.82) is 0 Å². The summed E-state index contributed by atoms with van der Waals surface area (Å²) in [5.41, 5.74) is 15.0. The Kier molecular flexibility index (Phi) is 23.3. The Morgan fingerprint density at radius 1 is 0.833 bits per heavy atom. The zero-order valence-electron chi connectivity index (χ0n) is 43.0. The van der Waals surface area contributed by atoms with Gasteiger partial charge in [-0.1, -0.05) is 32.4 Å². The molecule has 0 unspecified atom stereocenters. The average molecular weight is 1140 g/mol. The van der Waals surface area contributed by atoms with Crippen LogP contribution < -0.4 is 53.8 Å². The monoisotopic (exact) mass is 1140 g/mol. The number of aromatic nitrogens is 1. The van der Waals surface area contributed by atoms with Crippen molar-refractivity contribution in [2.24, 2.45) is 33.5 Å². The summed E-state index contributed by atoms with van der Waals surface area (Å²) in [6.45, 7) is 5.55. The van der Waals surface area contributed by atoms with Gasteiger partial charge < -0.3 is 59.1 Å². The number of piperidine rings is 1. The molecule has 0 aliphatic carbocycles. The fourth-order valence-electron chi connectivity index (χ4n) is 7.87. The molecule has 1 fully saturated rings. The summed E-state index contributed by atoms with van der Waals surface area (Å²) in [6.07, 6.45) is -2.20. The number of nitrogens with two attached hydrogens (primary N) is 3. The van der Waals surface area contributed by atoms with Gasteiger partial charge in [0.25, 0.3) is 5.91 Å². The average Bonchev–Trinajstić information content (AvgIpc) is 3.40. The first-order chi connectivity index (χ1) is 36.6. The zero-order valence-corrected chi connectivity index (χ0v) is 44.5. The fourth-order valence-corrected chi connectivity index (χ4v) is 9.34. The van der Waals surface area contributed by atoms with Crippen molar-refractivity contribution in [3.05, 3.63) is 88.7 Å². The largest absolute Gasteiger partial charge is 0.480 e. The van der Waals surface area contributed by atoms with Crippen molar-refractivity contribution >= 4 is 80.6 Å². The molecular weight excluding hydrogens is 1070 g/mol. The number of anilines is 1. The lowest BCUT2D eigenvalue weighted by Gasteiger charge is -2.32. The molecule has 2 heterocycles. The molecule has 4 rings (SSSR count). The van der Waals surface area contributed by atoms with Gasteiger partial charge in [-0.3, -0.25) is 48.3 Å². The molecule has 1 aliphatic heterocycles. The first-order valence-electron chi connectivity index (χ1n) is 24.5. The van der Waals surface area contributed by atoms with Crippen LogP contribution in [0, 0.1) is 11.3 Å². The van der Waals surface area contributed by atoms with E-state index in [2.05, 4.69) is 41.9 Å². The van der Waals surface area contributed by atoms with Gasteiger partial charge in [-0.05, 0) is 97.7 Å². The molecule has 4 atom stereocenters. The number of amides is 7. The van der Waals surface area contributed by atoms with E-state index in [0.717, 1.165) is 6.07 Å². The SMILES string of the molecule is CC(C)(C)[C@H](NC(=O)[C@H](Cc1ccncc1)NC(=O)CNC(=O)CC[C@H](NS(=O)(=O)c1ccc(Cl)c(C(F)(F)F)c1)C(=O)O)C(=O)Nc1ccc(C(=O)N2CCC(C(=O)N[C@H](CCCN=C(N)N)C(=O)NCCN)CC2)cc1. The number of pyridine rings is 1. The molecule has 24 nitrogen and oxygen atoms in total. The molecule has 1 saturated heterocycles. The lowest BCUT2D eigenvalue weighted by molar-refractivity contribution is -0.139. The van der Waals surface area contributed by atoms with E-state index in [1.807, 2.05) is 0 Å². The van der Waals surface area contributed by atoms with Crippen molar-refractivity contribution in [3.8, 4) is 0 Å². The van der Waals surface area contributed by atoms with Gasteiger partial charge in [0, 0.05) is 75.1 Å². The minimum absolute atomic E-state index is 0.0884. The molecule has 426 valence electrons. The van der Waals surface area contributed by atoms with Crippen molar-refractivity contribution in [2.45, 2.75) is 101 Å². The maximum absolute atomic E-state index is 14.0. The molecule has 29 heteroatoms. The summed E-state index contributed by atoms with van der Waals surface area (Å²) in [5.74, 6) is -6.59. The van der Waals surface area contributed by atoms with Crippen LogP contribution in [0.1, 0.15) is 80.8 Å². The fraction of sp³-hybridized carbons (Fsp3) is 0.469. The Morgan fingerprint density at radius 3 is 2.08 bits per heavy atom. The van der Waals surface area contributed by atoms with Gasteiger partial charge in [0.1, 0.15) is 24.2 Å². The molecule has 0 radical (unpaired) electrons. The third-order valence-corrected chi connectivity index (χ3v) is 13.9. The van der Waals surface area contributed by atoms with Crippen LogP contribution in [0.15, 0.2) is 76.9 Å². The highest BCUT2D eigenvalue weighted by Crippen LogP contribution is 2.36. The molecule has 1 aromatic heterocycles. The van der Waals surface area contributed by atoms with Crippen LogP contribution >= 0.6 is 11.6 Å². The molecule has 14 N–H and O–H groups in total. The van der Waals surface area contributed by atoms with E-state index in [9.17, 15) is 65.1 Å². The quantitative estimate of drug-likeness (QED) is 0.0300. The third-order valence-electron chi connectivity index (χ3n) is 12.1. The number of hydrogen-bond donors (Lipinski definition) is 11. The standard InChI is InChI=1S/C49H65ClF3N13O11S/c1-48(2,3)40(44(72)61-31-8-6-30(7-9-31)45(73)66-23-16-29(17-24-66)41(69)63-35(42(70)58-22-18-54)5-4-19-59-47(55)56)64-43(71)37(25-28-14-20-57-21-15-28)62-39(68)27-60-38(67)13-12-36(46(74)75)65-78(76,77)32-10-11-34(50)33(26-32)49(51,52)53/h6-11,14-15,20-21,26,29,35-37,40,65H,4-5,12-13,16-19,22-25,27,54H2,1-3H3,(H,58,70)(H,60,67)(H,61,72)(H,62,68)(H,63,69)(H,64,71)(H,74,75)(H4,55,56,59)/t35-,36+,37+,40-/m1/s1. The number of rotatable bonds is 26. The Hall–Kier alpha value is -7.43. The number of sulfonamides is 1. The van der Waals surface area contributed by atoms with Crippen LogP contribution in [0.25, 0.3) is 0 Å². The Morgan fingerprint density at radius 2 is 1.49 bits per heavy atom. The number of carbonyl (C=O) groups is 8. The van der Waals surface area contributed by atoms with Crippen LogP contribution in [-0.2, 0) is 56.2 Å². The van der Waals surface area contributed by atoms with Gasteiger partial charge in [-0.2, -0.15) is 17.9 Å². The van der Waals surface area contributed by atoms with Crippen molar-refractivity contribution in [3.63, 3.8) is 0 Å². The van der Waals surface area contributed by atoms with Crippen molar-refractivity contribution < 1.29 is 65.1 Å². The van der Waals surface area contributed by atoms with Crippen molar-refractivity contribution in [2.75, 3.05) is 44.6 Å². The second-order valence-electron chi connectivity index (χ2n) is 19.2. The smallest absolute Gasteiger partial charge is 0.417 e. The molecule has 1 aliphatic rings. The van der Waals surface area contributed by atoms with E-state index in [4.69, 9.17) is 28.8 Å². The lowest BCUT2D eigenvalue weighted by atomic mass is 9.85. The summed E-state index contributed by atoms with van der Waals surface area (Å²) >= 11 is 5.57. The van der Waals surface area contributed by atoms with Gasteiger partial charge in [0.2, 0.25) is 45.5 Å². The molecule has 2 aromatic carbocycles. The summed E-state index contributed by atoms with van der Waals surface area (Å²) in [4.78, 5) is 114. The minimum atomic E-state index is -5.02. The zero-order chi connectivity index (χ0) is 58.0. The Labute approximate surface area is 453 Å². The Bertz CT molecular complexity index is 2760. The molecule has 0 spiro atoms. The normalized spacial score (nSPS) is 14.6. The highest BCUT2D eigenvalue weighted by molar-refractivity contribution is 7.89. The lowest BCUT2D eigenvalue weighted by Crippen LogP contribution is -2.57. The number of guanidine groups is 1. The number of alkyl halides is 3. The number of benzene rings is 2. The summed E-state index contributed by atoms with van der Waals surface area (Å²) < 4.78 is 67.6. The molecule has 78 heavy (non-hydrogen) atoms. The number of carboxylic acids is 1. The van der Waals surface area contributed by atoms with Crippen LogP contribution in [-0.4, -0.2) is 140 Å². The number of carboxylic acid groups (broad SMARTS) is 1. The number of nitrogens with one attached hydrogen (secondary N) is 7. The third kappa shape index (κ3) is 19.9.